The van der Waals surface area contributed by atoms with Crippen molar-refractivity contribution in [2.24, 2.45) is 0 Å². The first-order chi connectivity index (χ1) is 17.1. The summed E-state index contributed by atoms with van der Waals surface area (Å²) < 4.78 is 42.5. The van der Waals surface area contributed by atoms with E-state index in [0.29, 0.717) is 12.7 Å². The number of allylic oxidation sites excluding steroid dienone is 1. The standard InChI is InChI=1S/C29H53NO5SSi2/c1-23(2)30(26(16-14-15-21-31)22-34-37(10,11)28(4,5)6)36(32,33)27-19-17-25(18-20-27)24(3)35-38(12,13)29(7,8)9/h14-15,17-21,23-24,26H,16,22H2,1-13H3/t24-,26-/m0/s1. The Hall–Kier alpha value is -1.11. The lowest BCUT2D eigenvalue weighted by molar-refractivity contribution is -0.104. The van der Waals surface area contributed by atoms with E-state index in [2.05, 4.69) is 67.7 Å². The summed E-state index contributed by atoms with van der Waals surface area (Å²) in [4.78, 5) is 11.2. The second kappa shape index (κ2) is 13.0. The third kappa shape index (κ3) is 8.96. The summed E-state index contributed by atoms with van der Waals surface area (Å²) >= 11 is 0. The summed E-state index contributed by atoms with van der Waals surface area (Å²) in [5, 5.41) is 0.0822. The molecule has 218 valence electrons. The van der Waals surface area contributed by atoms with Crippen LogP contribution in [-0.2, 0) is 23.7 Å². The topological polar surface area (TPSA) is 72.9 Å². The number of sulfonamides is 1. The van der Waals surface area contributed by atoms with Gasteiger partial charge in [-0.2, -0.15) is 4.31 Å². The first-order valence-corrected chi connectivity index (χ1v) is 20.9. The van der Waals surface area contributed by atoms with Crippen molar-refractivity contribution in [3.63, 3.8) is 0 Å². The molecule has 1 aromatic rings. The molecule has 0 N–H and O–H groups in total. The van der Waals surface area contributed by atoms with Gasteiger partial charge in [-0.05, 0) is 87.2 Å². The van der Waals surface area contributed by atoms with Crippen molar-refractivity contribution in [2.75, 3.05) is 6.61 Å². The highest BCUT2D eigenvalue weighted by atomic mass is 32.2. The Morgan fingerprint density at radius 3 is 1.82 bits per heavy atom. The smallest absolute Gasteiger partial charge is 0.243 e. The Labute approximate surface area is 235 Å². The molecule has 0 aliphatic carbocycles. The maximum atomic E-state index is 14.0. The van der Waals surface area contributed by atoms with Gasteiger partial charge in [-0.3, -0.25) is 4.79 Å². The second-order valence-electron chi connectivity index (χ2n) is 13.5. The molecular weight excluding hydrogens is 531 g/mol. The molecule has 0 saturated carbocycles. The molecule has 0 fully saturated rings. The summed E-state index contributed by atoms with van der Waals surface area (Å²) in [5.74, 6) is 0. The van der Waals surface area contributed by atoms with Crippen LogP contribution in [-0.4, -0.2) is 54.3 Å². The Morgan fingerprint density at radius 2 is 1.39 bits per heavy atom. The summed E-state index contributed by atoms with van der Waals surface area (Å²) in [6.07, 6.45) is 4.11. The highest BCUT2D eigenvalue weighted by molar-refractivity contribution is 7.89. The molecule has 1 rings (SSSR count). The van der Waals surface area contributed by atoms with Crippen LogP contribution in [0, 0.1) is 0 Å². The van der Waals surface area contributed by atoms with Gasteiger partial charge in [-0.15, -0.1) is 0 Å². The van der Waals surface area contributed by atoms with Crippen LogP contribution in [0.4, 0.5) is 0 Å². The van der Waals surface area contributed by atoms with Crippen LogP contribution in [0.15, 0.2) is 41.3 Å². The number of carbonyl (C=O) groups is 1. The van der Waals surface area contributed by atoms with Gasteiger partial charge in [-0.25, -0.2) is 8.42 Å². The average Bonchev–Trinajstić information content (AvgIpc) is 2.75. The van der Waals surface area contributed by atoms with Crippen LogP contribution in [0.1, 0.15) is 80.4 Å². The largest absolute Gasteiger partial charge is 0.415 e. The summed E-state index contributed by atoms with van der Waals surface area (Å²) in [7, 11) is -7.91. The van der Waals surface area contributed by atoms with Crippen molar-refractivity contribution in [2.45, 2.75) is 128 Å². The zero-order valence-corrected chi connectivity index (χ0v) is 28.9. The molecule has 38 heavy (non-hydrogen) atoms. The van der Waals surface area contributed by atoms with Gasteiger partial charge < -0.3 is 8.85 Å². The minimum Gasteiger partial charge on any atom is -0.415 e. The lowest BCUT2D eigenvalue weighted by atomic mass is 10.1. The van der Waals surface area contributed by atoms with E-state index in [1.54, 1.807) is 22.5 Å². The lowest BCUT2D eigenvalue weighted by Crippen LogP contribution is -2.50. The maximum Gasteiger partial charge on any atom is 0.243 e. The van der Waals surface area contributed by atoms with Crippen molar-refractivity contribution < 1.29 is 22.1 Å². The lowest BCUT2D eigenvalue weighted by Gasteiger charge is -2.40. The Balaban J connectivity index is 3.34. The van der Waals surface area contributed by atoms with Crippen molar-refractivity contribution in [3.8, 4) is 0 Å². The highest BCUT2D eigenvalue weighted by Gasteiger charge is 2.41. The van der Waals surface area contributed by atoms with Gasteiger partial charge in [-0.1, -0.05) is 59.8 Å². The number of nitrogens with zero attached hydrogens (tertiary/aromatic N) is 1. The van der Waals surface area contributed by atoms with E-state index in [-0.39, 0.29) is 33.7 Å². The van der Waals surface area contributed by atoms with Crippen LogP contribution in [0.5, 0.6) is 0 Å². The zero-order valence-electron chi connectivity index (χ0n) is 26.1. The molecule has 0 amide bonds. The summed E-state index contributed by atoms with van der Waals surface area (Å²) in [5.41, 5.74) is 0.955. The molecule has 1 aromatic carbocycles. The Morgan fingerprint density at radius 1 is 0.895 bits per heavy atom. The summed E-state index contributed by atoms with van der Waals surface area (Å²) in [6, 6.07) is 6.34. The molecule has 0 heterocycles. The molecule has 0 aromatic heterocycles. The molecule has 6 nitrogen and oxygen atoms in total. The van der Waals surface area contributed by atoms with E-state index in [0.717, 1.165) is 5.56 Å². The first-order valence-electron chi connectivity index (χ1n) is 13.6. The highest BCUT2D eigenvalue weighted by Crippen LogP contribution is 2.40. The molecular formula is C29H53NO5SSi2. The maximum absolute atomic E-state index is 14.0. The normalized spacial score (nSPS) is 15.9. The predicted octanol–water partition coefficient (Wildman–Crippen LogP) is 7.70. The van der Waals surface area contributed by atoms with Crippen LogP contribution in [0.3, 0.4) is 0 Å². The van der Waals surface area contributed by atoms with Crippen LogP contribution >= 0.6 is 0 Å². The fraction of sp³-hybridized carbons (Fsp3) is 0.690. The molecule has 9 heteroatoms. The van der Waals surface area contributed by atoms with Crippen molar-refractivity contribution in [1.29, 1.82) is 0 Å². The average molecular weight is 584 g/mol. The molecule has 0 unspecified atom stereocenters. The van der Waals surface area contributed by atoms with Gasteiger partial charge in [0.25, 0.3) is 0 Å². The van der Waals surface area contributed by atoms with E-state index in [9.17, 15) is 13.2 Å². The molecule has 0 aliphatic rings. The fourth-order valence-corrected chi connectivity index (χ4v) is 7.91. The van der Waals surface area contributed by atoms with Gasteiger partial charge in [0, 0.05) is 6.04 Å². The van der Waals surface area contributed by atoms with Crippen molar-refractivity contribution in [1.82, 2.24) is 4.31 Å². The number of benzene rings is 1. The monoisotopic (exact) mass is 583 g/mol. The minimum atomic E-state index is -3.83. The van der Waals surface area contributed by atoms with Gasteiger partial charge in [0.2, 0.25) is 10.0 Å². The summed E-state index contributed by atoms with van der Waals surface area (Å²) in [6.45, 7) is 27.9. The van der Waals surface area contributed by atoms with E-state index < -0.39 is 32.7 Å². The van der Waals surface area contributed by atoms with E-state index in [1.807, 2.05) is 32.9 Å². The van der Waals surface area contributed by atoms with Gasteiger partial charge in [0.15, 0.2) is 16.6 Å². The molecule has 0 saturated heterocycles. The molecule has 0 aliphatic heterocycles. The fourth-order valence-electron chi connectivity index (χ4n) is 3.67. The minimum absolute atomic E-state index is 0.00324. The number of carbonyl (C=O) groups excluding carboxylic acids is 1. The van der Waals surface area contributed by atoms with Gasteiger partial charge in [0.1, 0.15) is 6.29 Å². The predicted molar refractivity (Wildman–Crippen MR) is 164 cm³/mol. The third-order valence-corrected chi connectivity index (χ3v) is 19.3. The van der Waals surface area contributed by atoms with Crippen LogP contribution in [0.2, 0.25) is 36.3 Å². The Kier molecular flexibility index (Phi) is 12.0. The van der Waals surface area contributed by atoms with Crippen molar-refractivity contribution >= 4 is 32.9 Å². The quantitative estimate of drug-likeness (QED) is 0.135. The molecule has 0 radical (unpaired) electrons. The van der Waals surface area contributed by atoms with Crippen LogP contribution in [0.25, 0.3) is 0 Å². The number of hydrogen-bond donors (Lipinski definition) is 0. The SMILES string of the molecule is CC(C)N([C@@H](CC=CC=O)CO[Si](C)(C)C(C)(C)C)S(=O)(=O)c1ccc([C@H](C)O[Si](C)(C)C(C)(C)C)cc1. The number of rotatable bonds is 13. The van der Waals surface area contributed by atoms with E-state index in [1.165, 1.54) is 6.08 Å². The van der Waals surface area contributed by atoms with Crippen LogP contribution < -0.4 is 0 Å². The molecule has 2 atom stereocenters. The van der Waals surface area contributed by atoms with E-state index >= 15 is 0 Å². The molecule has 0 bridgehead atoms. The van der Waals surface area contributed by atoms with E-state index in [4.69, 9.17) is 8.85 Å². The zero-order chi connectivity index (χ0) is 29.7. The van der Waals surface area contributed by atoms with Gasteiger partial charge >= 0.3 is 0 Å². The van der Waals surface area contributed by atoms with Gasteiger partial charge in [0.05, 0.1) is 23.6 Å². The molecule has 0 spiro atoms. The number of aldehydes is 1. The second-order valence-corrected chi connectivity index (χ2v) is 25.0. The van der Waals surface area contributed by atoms with Crippen molar-refractivity contribution in [3.05, 3.63) is 42.0 Å². The number of hydrogen-bond acceptors (Lipinski definition) is 5. The Bertz CT molecular complexity index is 1040. The third-order valence-electron chi connectivity index (χ3n) is 8.14. The first kappa shape index (κ1) is 34.9.